The number of carbonyl (C=O) groups excluding carboxylic acids is 1. The number of anilines is 1. The fourth-order valence-electron chi connectivity index (χ4n) is 3.49. The van der Waals surface area contributed by atoms with Crippen LogP contribution in [0.5, 0.6) is 5.75 Å². The van der Waals surface area contributed by atoms with E-state index >= 15 is 0 Å². The second-order valence-electron chi connectivity index (χ2n) is 6.44. The Morgan fingerprint density at radius 1 is 1.27 bits per heavy atom. The lowest BCUT2D eigenvalue weighted by Crippen LogP contribution is -2.24. The molecule has 0 fully saturated rings. The number of para-hydroxylation sites is 1. The SMILES string of the molecule is CC1C(c2ccccc2O)CCc2nc(NC(=O)c3cccnc3)nn21. The molecule has 1 amide bonds. The van der Waals surface area contributed by atoms with Crippen LogP contribution in [0.15, 0.2) is 48.8 Å². The van der Waals surface area contributed by atoms with Gasteiger partial charge in [-0.15, -0.1) is 5.10 Å². The summed E-state index contributed by atoms with van der Waals surface area (Å²) in [5.41, 5.74) is 1.38. The first-order valence-electron chi connectivity index (χ1n) is 8.58. The van der Waals surface area contributed by atoms with Gasteiger partial charge in [-0.05, 0) is 37.1 Å². The summed E-state index contributed by atoms with van der Waals surface area (Å²) in [4.78, 5) is 20.7. The van der Waals surface area contributed by atoms with Crippen LogP contribution in [0.1, 0.15) is 47.1 Å². The van der Waals surface area contributed by atoms with Crippen molar-refractivity contribution in [1.82, 2.24) is 19.7 Å². The van der Waals surface area contributed by atoms with Crippen molar-refractivity contribution in [2.75, 3.05) is 5.32 Å². The quantitative estimate of drug-likeness (QED) is 0.758. The van der Waals surface area contributed by atoms with E-state index in [0.29, 0.717) is 17.3 Å². The normalized spacial score (nSPS) is 19.0. The standard InChI is InChI=1S/C19H19N5O2/c1-12-14(15-6-2-3-7-16(15)25)8-9-17-21-19(23-24(12)17)22-18(26)13-5-4-10-20-11-13/h2-7,10-12,14,25H,8-9H2,1H3,(H,22,23,26). The van der Waals surface area contributed by atoms with Crippen molar-refractivity contribution in [3.05, 3.63) is 65.7 Å². The number of amides is 1. The summed E-state index contributed by atoms with van der Waals surface area (Å²) in [6, 6.07) is 10.8. The lowest BCUT2D eigenvalue weighted by molar-refractivity contribution is 0.102. The number of pyridine rings is 1. The van der Waals surface area contributed by atoms with E-state index in [1.807, 2.05) is 22.9 Å². The van der Waals surface area contributed by atoms with Gasteiger partial charge in [0.25, 0.3) is 5.91 Å². The maximum Gasteiger partial charge on any atom is 0.259 e. The second kappa shape index (κ2) is 6.59. The van der Waals surface area contributed by atoms with Gasteiger partial charge in [-0.2, -0.15) is 4.98 Å². The van der Waals surface area contributed by atoms with Gasteiger partial charge >= 0.3 is 0 Å². The molecule has 0 aliphatic carbocycles. The van der Waals surface area contributed by atoms with Crippen molar-refractivity contribution in [3.8, 4) is 5.75 Å². The van der Waals surface area contributed by atoms with Gasteiger partial charge in [0.15, 0.2) is 0 Å². The average Bonchev–Trinajstić information content (AvgIpc) is 3.07. The molecule has 3 aromatic rings. The molecule has 0 saturated carbocycles. The lowest BCUT2D eigenvalue weighted by Gasteiger charge is -2.30. The molecule has 1 aliphatic heterocycles. The maximum atomic E-state index is 12.3. The summed E-state index contributed by atoms with van der Waals surface area (Å²) < 4.78 is 1.85. The Morgan fingerprint density at radius 3 is 2.88 bits per heavy atom. The van der Waals surface area contributed by atoms with Gasteiger partial charge < -0.3 is 5.11 Å². The van der Waals surface area contributed by atoms with Crippen molar-refractivity contribution in [1.29, 1.82) is 0 Å². The molecule has 7 nitrogen and oxygen atoms in total. The van der Waals surface area contributed by atoms with Crippen LogP contribution in [0.2, 0.25) is 0 Å². The number of hydrogen-bond donors (Lipinski definition) is 2. The van der Waals surface area contributed by atoms with Crippen LogP contribution in [0.4, 0.5) is 5.95 Å². The van der Waals surface area contributed by atoms with E-state index in [1.54, 1.807) is 24.4 Å². The summed E-state index contributed by atoms with van der Waals surface area (Å²) in [6.45, 7) is 2.06. The molecule has 0 bridgehead atoms. The zero-order valence-electron chi connectivity index (χ0n) is 14.3. The van der Waals surface area contributed by atoms with Crippen LogP contribution in [0, 0.1) is 0 Å². The predicted octanol–water partition coefficient (Wildman–Crippen LogP) is 2.92. The van der Waals surface area contributed by atoms with Gasteiger partial charge in [0, 0.05) is 24.7 Å². The third-order valence-electron chi connectivity index (χ3n) is 4.83. The minimum absolute atomic E-state index is 0.0311. The summed E-state index contributed by atoms with van der Waals surface area (Å²) in [5, 5.41) is 17.4. The van der Waals surface area contributed by atoms with Crippen molar-refractivity contribution >= 4 is 11.9 Å². The summed E-state index contributed by atoms with van der Waals surface area (Å²) in [6.07, 6.45) is 4.72. The molecule has 0 spiro atoms. The highest BCUT2D eigenvalue weighted by Gasteiger charge is 2.31. The number of aryl methyl sites for hydroxylation is 1. The van der Waals surface area contributed by atoms with E-state index in [1.165, 1.54) is 6.20 Å². The largest absolute Gasteiger partial charge is 0.508 e. The Kier molecular flexibility index (Phi) is 4.12. The Bertz CT molecular complexity index is 938. The number of nitrogens with one attached hydrogen (secondary N) is 1. The first-order valence-corrected chi connectivity index (χ1v) is 8.58. The Balaban J connectivity index is 1.57. The smallest absolute Gasteiger partial charge is 0.259 e. The van der Waals surface area contributed by atoms with Crippen LogP contribution in [-0.4, -0.2) is 30.8 Å². The van der Waals surface area contributed by atoms with E-state index < -0.39 is 0 Å². The monoisotopic (exact) mass is 349 g/mol. The van der Waals surface area contributed by atoms with Gasteiger partial charge in [0.1, 0.15) is 11.6 Å². The molecule has 0 saturated heterocycles. The highest BCUT2D eigenvalue weighted by Crippen LogP contribution is 2.40. The van der Waals surface area contributed by atoms with E-state index in [4.69, 9.17) is 0 Å². The molecule has 4 rings (SSSR count). The fourth-order valence-corrected chi connectivity index (χ4v) is 3.49. The summed E-state index contributed by atoms with van der Waals surface area (Å²) in [7, 11) is 0. The number of hydrogen-bond acceptors (Lipinski definition) is 5. The molecule has 2 aromatic heterocycles. The molecule has 2 atom stereocenters. The summed E-state index contributed by atoms with van der Waals surface area (Å²) in [5.74, 6) is 1.29. The first-order chi connectivity index (χ1) is 12.6. The van der Waals surface area contributed by atoms with E-state index in [9.17, 15) is 9.90 Å². The molecule has 3 heterocycles. The number of fused-ring (bicyclic) bond motifs is 1. The molecular formula is C19H19N5O2. The summed E-state index contributed by atoms with van der Waals surface area (Å²) >= 11 is 0. The van der Waals surface area contributed by atoms with Crippen molar-refractivity contribution < 1.29 is 9.90 Å². The number of rotatable bonds is 3. The predicted molar refractivity (Wildman–Crippen MR) is 96.1 cm³/mol. The molecule has 2 N–H and O–H groups in total. The number of phenols is 1. The number of carbonyl (C=O) groups is 1. The number of benzene rings is 1. The minimum atomic E-state index is -0.286. The maximum absolute atomic E-state index is 12.3. The minimum Gasteiger partial charge on any atom is -0.508 e. The zero-order chi connectivity index (χ0) is 18.1. The van der Waals surface area contributed by atoms with Crippen LogP contribution in [-0.2, 0) is 6.42 Å². The Labute approximate surface area is 150 Å². The van der Waals surface area contributed by atoms with Crippen molar-refractivity contribution in [3.63, 3.8) is 0 Å². The second-order valence-corrected chi connectivity index (χ2v) is 6.44. The van der Waals surface area contributed by atoms with Gasteiger partial charge in [0.2, 0.25) is 5.95 Å². The molecule has 132 valence electrons. The van der Waals surface area contributed by atoms with E-state index in [2.05, 4.69) is 27.3 Å². The fraction of sp³-hybridized carbons (Fsp3) is 0.263. The van der Waals surface area contributed by atoms with Crippen LogP contribution >= 0.6 is 0 Å². The molecule has 0 radical (unpaired) electrons. The van der Waals surface area contributed by atoms with E-state index in [0.717, 1.165) is 24.2 Å². The van der Waals surface area contributed by atoms with Crippen molar-refractivity contribution in [2.24, 2.45) is 0 Å². The Morgan fingerprint density at radius 2 is 2.12 bits per heavy atom. The van der Waals surface area contributed by atoms with Crippen LogP contribution < -0.4 is 5.32 Å². The molecule has 2 unspecified atom stereocenters. The number of aromatic hydroxyl groups is 1. The molecule has 26 heavy (non-hydrogen) atoms. The Hall–Kier alpha value is -3.22. The highest BCUT2D eigenvalue weighted by molar-refractivity contribution is 6.03. The lowest BCUT2D eigenvalue weighted by atomic mass is 9.85. The molecule has 1 aromatic carbocycles. The van der Waals surface area contributed by atoms with Gasteiger partial charge in [-0.1, -0.05) is 18.2 Å². The average molecular weight is 349 g/mol. The zero-order valence-corrected chi connectivity index (χ0v) is 14.3. The first kappa shape index (κ1) is 16.3. The topological polar surface area (TPSA) is 92.9 Å². The molecular weight excluding hydrogens is 330 g/mol. The third kappa shape index (κ3) is 2.92. The van der Waals surface area contributed by atoms with Crippen molar-refractivity contribution in [2.45, 2.75) is 31.7 Å². The number of nitrogens with zero attached hydrogens (tertiary/aromatic N) is 4. The van der Waals surface area contributed by atoms with Crippen LogP contribution in [0.3, 0.4) is 0 Å². The van der Waals surface area contributed by atoms with Gasteiger partial charge in [-0.25, -0.2) is 4.68 Å². The van der Waals surface area contributed by atoms with Gasteiger partial charge in [-0.3, -0.25) is 15.1 Å². The van der Waals surface area contributed by atoms with Crippen LogP contribution in [0.25, 0.3) is 0 Å². The highest BCUT2D eigenvalue weighted by atomic mass is 16.3. The molecule has 7 heteroatoms. The molecule has 1 aliphatic rings. The third-order valence-corrected chi connectivity index (χ3v) is 4.83. The number of phenolic OH excluding ortho intramolecular Hbond substituents is 1. The number of aromatic nitrogens is 4. The van der Waals surface area contributed by atoms with Gasteiger partial charge in [0.05, 0.1) is 11.6 Å². The van der Waals surface area contributed by atoms with E-state index in [-0.39, 0.29) is 17.9 Å².